The van der Waals surface area contributed by atoms with E-state index in [2.05, 4.69) is 12.1 Å². The van der Waals surface area contributed by atoms with Gasteiger partial charge >= 0.3 is 0 Å². The molecular formula is C22H26N2O4S2. The lowest BCUT2D eigenvalue weighted by atomic mass is 9.80. The number of benzene rings is 1. The van der Waals surface area contributed by atoms with E-state index in [1.165, 1.54) is 4.88 Å². The normalized spacial score (nSPS) is 25.5. The predicted octanol–water partition coefficient (Wildman–Crippen LogP) is 2.49. The molecular weight excluding hydrogens is 420 g/mol. The summed E-state index contributed by atoms with van der Waals surface area (Å²) in [7, 11) is -3.01. The Morgan fingerprint density at radius 1 is 1.23 bits per heavy atom. The number of thiophene rings is 1. The Morgan fingerprint density at radius 2 is 2.07 bits per heavy atom. The summed E-state index contributed by atoms with van der Waals surface area (Å²) in [5, 5.41) is 2.03. The lowest BCUT2D eigenvalue weighted by molar-refractivity contribution is -0.132. The molecule has 2 aliphatic heterocycles. The minimum atomic E-state index is -3.01. The van der Waals surface area contributed by atoms with E-state index in [0.29, 0.717) is 32.4 Å². The number of amides is 2. The van der Waals surface area contributed by atoms with Gasteiger partial charge in [-0.2, -0.15) is 0 Å². The van der Waals surface area contributed by atoms with Crippen molar-refractivity contribution in [3.63, 3.8) is 0 Å². The Labute approximate surface area is 181 Å². The molecule has 0 saturated carbocycles. The van der Waals surface area contributed by atoms with Crippen LogP contribution < -0.4 is 5.73 Å². The van der Waals surface area contributed by atoms with Gasteiger partial charge in [0.2, 0.25) is 11.8 Å². The molecule has 0 unspecified atom stereocenters. The van der Waals surface area contributed by atoms with E-state index in [4.69, 9.17) is 5.73 Å². The van der Waals surface area contributed by atoms with Gasteiger partial charge < -0.3 is 10.6 Å². The standard InChI is InChI=1S/C22H26N2O4S2/c23-21(26)22(13-16-3-1-4-18(11-16)19-5-2-9-29-19)7-8-24(15-22)20(25)12-17-6-10-30(27,28)14-17/h1-5,9,11,17H,6-8,10,12-15H2,(H2,23,26)/t17-,22+/m1/s1. The fraction of sp³-hybridized carbons (Fsp3) is 0.455. The topological polar surface area (TPSA) is 97.5 Å². The van der Waals surface area contributed by atoms with Crippen LogP contribution in [0.4, 0.5) is 0 Å². The van der Waals surface area contributed by atoms with Crippen LogP contribution in [0.25, 0.3) is 10.4 Å². The molecule has 8 heteroatoms. The maximum Gasteiger partial charge on any atom is 0.225 e. The summed E-state index contributed by atoms with van der Waals surface area (Å²) in [6, 6.07) is 12.2. The van der Waals surface area contributed by atoms with Crippen molar-refractivity contribution in [1.29, 1.82) is 0 Å². The van der Waals surface area contributed by atoms with Crippen molar-refractivity contribution in [3.05, 3.63) is 47.3 Å². The molecule has 0 radical (unpaired) electrons. The van der Waals surface area contributed by atoms with Gasteiger partial charge in [-0.15, -0.1) is 11.3 Å². The van der Waals surface area contributed by atoms with Gasteiger partial charge in [-0.1, -0.05) is 30.3 Å². The Kier molecular flexibility index (Phi) is 5.72. The van der Waals surface area contributed by atoms with Crippen LogP contribution in [0.2, 0.25) is 0 Å². The van der Waals surface area contributed by atoms with E-state index in [1.54, 1.807) is 16.2 Å². The first-order valence-corrected chi connectivity index (χ1v) is 12.9. The number of hydrogen-bond donors (Lipinski definition) is 1. The fourth-order valence-corrected chi connectivity index (χ4v) is 7.18. The molecule has 4 rings (SSSR count). The minimum absolute atomic E-state index is 0.0763. The molecule has 2 saturated heterocycles. The first kappa shape index (κ1) is 21.1. The molecule has 0 bridgehead atoms. The average Bonchev–Trinajstić information content (AvgIpc) is 3.43. The molecule has 160 valence electrons. The highest BCUT2D eigenvalue weighted by molar-refractivity contribution is 7.91. The van der Waals surface area contributed by atoms with Crippen molar-refractivity contribution in [2.24, 2.45) is 17.1 Å². The van der Waals surface area contributed by atoms with Crippen LogP contribution in [-0.2, 0) is 25.8 Å². The number of likely N-dealkylation sites (tertiary alicyclic amines) is 1. The van der Waals surface area contributed by atoms with Gasteiger partial charge in [0, 0.05) is 24.4 Å². The summed E-state index contributed by atoms with van der Waals surface area (Å²) in [4.78, 5) is 28.1. The van der Waals surface area contributed by atoms with E-state index in [1.807, 2.05) is 29.6 Å². The number of hydrogen-bond acceptors (Lipinski definition) is 5. The van der Waals surface area contributed by atoms with Crippen LogP contribution in [0.3, 0.4) is 0 Å². The van der Waals surface area contributed by atoms with Gasteiger partial charge in [-0.3, -0.25) is 9.59 Å². The van der Waals surface area contributed by atoms with Crippen molar-refractivity contribution in [3.8, 4) is 10.4 Å². The minimum Gasteiger partial charge on any atom is -0.369 e. The predicted molar refractivity (Wildman–Crippen MR) is 118 cm³/mol. The van der Waals surface area contributed by atoms with Crippen LogP contribution in [-0.4, -0.2) is 49.7 Å². The van der Waals surface area contributed by atoms with E-state index in [9.17, 15) is 18.0 Å². The highest BCUT2D eigenvalue weighted by atomic mass is 32.2. The largest absolute Gasteiger partial charge is 0.369 e. The van der Waals surface area contributed by atoms with Crippen LogP contribution in [0.15, 0.2) is 41.8 Å². The summed E-state index contributed by atoms with van der Waals surface area (Å²) in [6.07, 6.45) is 1.78. The quantitative estimate of drug-likeness (QED) is 0.737. The second kappa shape index (κ2) is 8.15. The zero-order valence-electron chi connectivity index (χ0n) is 16.7. The lowest BCUT2D eigenvalue weighted by Crippen LogP contribution is -2.42. The van der Waals surface area contributed by atoms with E-state index < -0.39 is 15.3 Å². The number of carbonyl (C=O) groups excluding carboxylic acids is 2. The van der Waals surface area contributed by atoms with Crippen molar-refractivity contribution in [2.75, 3.05) is 24.6 Å². The van der Waals surface area contributed by atoms with Crippen LogP contribution in [0, 0.1) is 11.3 Å². The van der Waals surface area contributed by atoms with Gasteiger partial charge in [-0.05, 0) is 47.8 Å². The van der Waals surface area contributed by atoms with Crippen LogP contribution in [0.5, 0.6) is 0 Å². The van der Waals surface area contributed by atoms with Gasteiger partial charge in [0.05, 0.1) is 16.9 Å². The smallest absolute Gasteiger partial charge is 0.225 e. The zero-order chi connectivity index (χ0) is 21.4. The van der Waals surface area contributed by atoms with Crippen molar-refractivity contribution >= 4 is 33.0 Å². The lowest BCUT2D eigenvalue weighted by Gasteiger charge is -2.26. The molecule has 2 aliphatic rings. The number of primary amides is 1. The monoisotopic (exact) mass is 446 g/mol. The molecule has 2 N–H and O–H groups in total. The molecule has 1 aromatic heterocycles. The maximum absolute atomic E-state index is 12.8. The molecule has 0 spiro atoms. The first-order chi connectivity index (χ1) is 14.3. The molecule has 30 heavy (non-hydrogen) atoms. The van der Waals surface area contributed by atoms with Crippen LogP contribution >= 0.6 is 11.3 Å². The number of sulfone groups is 1. The summed E-state index contributed by atoms with van der Waals surface area (Å²) < 4.78 is 23.3. The third-order valence-corrected chi connectivity index (χ3v) is 9.05. The second-order valence-corrected chi connectivity index (χ2v) is 11.7. The van der Waals surface area contributed by atoms with Gasteiger partial charge in [0.15, 0.2) is 9.84 Å². The van der Waals surface area contributed by atoms with Crippen molar-refractivity contribution < 1.29 is 18.0 Å². The van der Waals surface area contributed by atoms with E-state index in [-0.39, 0.29) is 35.7 Å². The summed E-state index contributed by atoms with van der Waals surface area (Å²) >= 11 is 1.66. The molecule has 2 fully saturated rings. The highest BCUT2D eigenvalue weighted by Gasteiger charge is 2.45. The summed E-state index contributed by atoms with van der Waals surface area (Å²) in [6.45, 7) is 0.774. The summed E-state index contributed by atoms with van der Waals surface area (Å²) in [5.74, 6) is -0.330. The maximum atomic E-state index is 12.8. The fourth-order valence-electron chi connectivity index (χ4n) is 4.59. The average molecular weight is 447 g/mol. The number of carbonyl (C=O) groups is 2. The molecule has 3 heterocycles. The van der Waals surface area contributed by atoms with E-state index in [0.717, 1.165) is 11.1 Å². The van der Waals surface area contributed by atoms with Gasteiger partial charge in [0.1, 0.15) is 0 Å². The van der Waals surface area contributed by atoms with Gasteiger partial charge in [-0.25, -0.2) is 8.42 Å². The SMILES string of the molecule is NC(=O)[C@]1(Cc2cccc(-c3cccs3)c2)CCN(C(=O)C[C@H]2CCS(=O)(=O)C2)C1. The zero-order valence-corrected chi connectivity index (χ0v) is 18.4. The molecule has 2 aromatic rings. The van der Waals surface area contributed by atoms with E-state index >= 15 is 0 Å². The second-order valence-electron chi connectivity index (χ2n) is 8.54. The molecule has 6 nitrogen and oxygen atoms in total. The number of nitrogens with zero attached hydrogens (tertiary/aromatic N) is 1. The highest BCUT2D eigenvalue weighted by Crippen LogP contribution is 2.36. The van der Waals surface area contributed by atoms with Crippen molar-refractivity contribution in [1.82, 2.24) is 4.90 Å². The molecule has 2 amide bonds. The third-order valence-electron chi connectivity index (χ3n) is 6.29. The molecule has 1 aromatic carbocycles. The van der Waals surface area contributed by atoms with Crippen molar-refractivity contribution in [2.45, 2.75) is 25.7 Å². The molecule has 0 aliphatic carbocycles. The number of rotatable bonds is 6. The Balaban J connectivity index is 1.46. The third kappa shape index (κ3) is 4.44. The Hall–Kier alpha value is -2.19. The van der Waals surface area contributed by atoms with Gasteiger partial charge in [0.25, 0.3) is 0 Å². The Morgan fingerprint density at radius 3 is 2.73 bits per heavy atom. The Bertz CT molecular complexity index is 1050. The van der Waals surface area contributed by atoms with Crippen LogP contribution in [0.1, 0.15) is 24.8 Å². The molecule has 2 atom stereocenters. The first-order valence-electron chi connectivity index (χ1n) is 10.2. The number of nitrogens with two attached hydrogens (primary N) is 1. The summed E-state index contributed by atoms with van der Waals surface area (Å²) in [5.41, 5.74) is 7.17.